The summed E-state index contributed by atoms with van der Waals surface area (Å²) < 4.78 is 32.9. The predicted molar refractivity (Wildman–Crippen MR) is 130 cm³/mol. The maximum atomic E-state index is 13.0. The van der Waals surface area contributed by atoms with Crippen molar-refractivity contribution in [1.82, 2.24) is 4.31 Å². The summed E-state index contributed by atoms with van der Waals surface area (Å²) >= 11 is 0. The van der Waals surface area contributed by atoms with Gasteiger partial charge in [0.2, 0.25) is 10.0 Å². The van der Waals surface area contributed by atoms with Crippen LogP contribution in [0.15, 0.2) is 47.4 Å². The van der Waals surface area contributed by atoms with Gasteiger partial charge in [-0.3, -0.25) is 4.79 Å². The summed E-state index contributed by atoms with van der Waals surface area (Å²) in [5.74, 6) is 0.107. The van der Waals surface area contributed by atoms with Gasteiger partial charge >= 0.3 is 0 Å². The van der Waals surface area contributed by atoms with Crippen molar-refractivity contribution < 1.29 is 17.9 Å². The van der Waals surface area contributed by atoms with Crippen molar-refractivity contribution in [3.05, 3.63) is 48.0 Å². The molecule has 1 amide bonds. The quantitative estimate of drug-likeness (QED) is 0.506. The van der Waals surface area contributed by atoms with E-state index in [0.29, 0.717) is 44.0 Å². The number of carbonyl (C=O) groups is 1. The second-order valence-corrected chi connectivity index (χ2v) is 9.19. The third kappa shape index (κ3) is 6.70. The van der Waals surface area contributed by atoms with Crippen LogP contribution in [-0.4, -0.2) is 51.4 Å². The minimum atomic E-state index is -3.67. The van der Waals surface area contributed by atoms with E-state index in [9.17, 15) is 13.2 Å². The van der Waals surface area contributed by atoms with Crippen molar-refractivity contribution in [3.8, 4) is 11.8 Å². The van der Waals surface area contributed by atoms with Crippen molar-refractivity contribution in [2.75, 3.05) is 43.0 Å². The first-order valence-electron chi connectivity index (χ1n) is 11.1. The molecule has 0 aliphatic heterocycles. The Bertz CT molecular complexity index is 1070. The Morgan fingerprint density at radius 1 is 1.00 bits per heavy atom. The summed E-state index contributed by atoms with van der Waals surface area (Å²) in [5, 5.41) is 11.6. The van der Waals surface area contributed by atoms with Crippen molar-refractivity contribution in [1.29, 1.82) is 5.26 Å². The van der Waals surface area contributed by atoms with Gasteiger partial charge < -0.3 is 15.0 Å². The summed E-state index contributed by atoms with van der Waals surface area (Å²) in [5.41, 5.74) is 2.03. The molecule has 0 saturated heterocycles. The van der Waals surface area contributed by atoms with Gasteiger partial charge in [0.25, 0.3) is 5.91 Å². The van der Waals surface area contributed by atoms with E-state index >= 15 is 0 Å². The summed E-state index contributed by atoms with van der Waals surface area (Å²) in [4.78, 5) is 14.8. The third-order valence-corrected chi connectivity index (χ3v) is 7.31. The molecular weight excluding hydrogens is 440 g/mol. The van der Waals surface area contributed by atoms with Crippen LogP contribution >= 0.6 is 0 Å². The fourth-order valence-corrected chi connectivity index (χ4v) is 4.94. The molecule has 2 aromatic rings. The highest BCUT2D eigenvalue weighted by molar-refractivity contribution is 7.89. The van der Waals surface area contributed by atoms with Crippen molar-refractivity contribution >= 4 is 27.3 Å². The first kappa shape index (κ1) is 26.2. The number of carbonyl (C=O) groups excluding carboxylic acids is 1. The topological polar surface area (TPSA) is 103 Å². The number of rotatable bonds is 12. The van der Waals surface area contributed by atoms with Gasteiger partial charge in [-0.05, 0) is 49.7 Å². The molecular formula is C24H32N4O4S. The highest BCUT2D eigenvalue weighted by Crippen LogP contribution is 2.30. The van der Waals surface area contributed by atoms with Crippen LogP contribution in [0.25, 0.3) is 0 Å². The molecule has 0 aromatic heterocycles. The van der Waals surface area contributed by atoms with Crippen molar-refractivity contribution in [3.63, 3.8) is 0 Å². The molecule has 1 N–H and O–H groups in total. The standard InChI is InChI=1S/C24H32N4O4S/c1-5-27(6-2)23-14-13-21(33(30,31)28(7-3)8-4)17-22(23)26-24(29)18-32-20-11-9-19(10-12-20)15-16-25/h9-14,17H,5-8,15,18H2,1-4H3,(H,26,29). The van der Waals surface area contributed by atoms with Crippen LogP contribution in [0, 0.1) is 11.3 Å². The monoisotopic (exact) mass is 472 g/mol. The first-order valence-corrected chi connectivity index (χ1v) is 12.5. The Hall–Kier alpha value is -3.09. The Kier molecular flexibility index (Phi) is 9.70. The number of sulfonamides is 1. The zero-order valence-electron chi connectivity index (χ0n) is 19.7. The van der Waals surface area contributed by atoms with Crippen molar-refractivity contribution in [2.45, 2.75) is 39.0 Å². The number of nitriles is 1. The molecule has 0 bridgehead atoms. The lowest BCUT2D eigenvalue weighted by molar-refractivity contribution is -0.118. The van der Waals surface area contributed by atoms with Gasteiger partial charge in [-0.25, -0.2) is 8.42 Å². The zero-order valence-corrected chi connectivity index (χ0v) is 20.5. The fourth-order valence-electron chi connectivity index (χ4n) is 3.46. The number of amides is 1. The van der Waals surface area contributed by atoms with Gasteiger partial charge in [0.05, 0.1) is 28.8 Å². The van der Waals surface area contributed by atoms with Crippen LogP contribution < -0.4 is 15.0 Å². The van der Waals surface area contributed by atoms with Crippen molar-refractivity contribution in [2.24, 2.45) is 0 Å². The van der Waals surface area contributed by atoms with Crippen LogP contribution in [0.4, 0.5) is 11.4 Å². The normalized spacial score (nSPS) is 11.2. The van der Waals surface area contributed by atoms with E-state index in [1.807, 2.05) is 18.7 Å². The Labute approximate surface area is 196 Å². The van der Waals surface area contributed by atoms with Crippen LogP contribution in [0.2, 0.25) is 0 Å². The molecule has 9 heteroatoms. The Morgan fingerprint density at radius 3 is 2.18 bits per heavy atom. The van der Waals surface area contributed by atoms with E-state index in [2.05, 4.69) is 11.4 Å². The lowest BCUT2D eigenvalue weighted by Gasteiger charge is -2.26. The van der Waals surface area contributed by atoms with Gasteiger partial charge in [0, 0.05) is 26.2 Å². The molecule has 0 spiro atoms. The van der Waals surface area contributed by atoms with E-state index in [4.69, 9.17) is 10.00 Å². The van der Waals surface area contributed by atoms with Gasteiger partial charge in [-0.2, -0.15) is 9.57 Å². The first-order chi connectivity index (χ1) is 15.8. The average Bonchev–Trinajstić information content (AvgIpc) is 2.81. The number of benzene rings is 2. The summed E-state index contributed by atoms with van der Waals surface area (Å²) in [6, 6.07) is 13.9. The molecule has 0 fully saturated rings. The predicted octanol–water partition coefficient (Wildman–Crippen LogP) is 3.65. The van der Waals surface area contributed by atoms with E-state index < -0.39 is 15.9 Å². The molecule has 0 saturated carbocycles. The third-order valence-electron chi connectivity index (χ3n) is 5.27. The molecule has 0 unspecified atom stereocenters. The lowest BCUT2D eigenvalue weighted by Crippen LogP contribution is -2.31. The number of ether oxygens (including phenoxy) is 1. The Morgan fingerprint density at radius 2 is 1.64 bits per heavy atom. The summed E-state index contributed by atoms with van der Waals surface area (Å²) in [6.45, 7) is 9.46. The number of anilines is 2. The molecule has 0 aliphatic carbocycles. The highest BCUT2D eigenvalue weighted by Gasteiger charge is 2.24. The maximum Gasteiger partial charge on any atom is 0.262 e. The molecule has 2 aromatic carbocycles. The van der Waals surface area contributed by atoms with Crippen LogP contribution in [-0.2, 0) is 21.2 Å². The van der Waals surface area contributed by atoms with Crippen LogP contribution in [0.3, 0.4) is 0 Å². The lowest BCUT2D eigenvalue weighted by atomic mass is 10.2. The van der Waals surface area contributed by atoms with Gasteiger partial charge in [-0.15, -0.1) is 0 Å². The fraction of sp³-hybridized carbons (Fsp3) is 0.417. The van der Waals surface area contributed by atoms with Gasteiger partial charge in [0.15, 0.2) is 6.61 Å². The largest absolute Gasteiger partial charge is 0.484 e. The SMILES string of the molecule is CCN(CC)c1ccc(S(=O)(=O)N(CC)CC)cc1NC(=O)COc1ccc(CC#N)cc1. The second-order valence-electron chi connectivity index (χ2n) is 7.26. The maximum absolute atomic E-state index is 13.0. The molecule has 0 radical (unpaired) electrons. The minimum absolute atomic E-state index is 0.131. The molecule has 2 rings (SSSR count). The van der Waals surface area contributed by atoms with Crippen LogP contribution in [0.5, 0.6) is 5.75 Å². The molecule has 0 heterocycles. The average molecular weight is 473 g/mol. The van der Waals surface area contributed by atoms with Gasteiger partial charge in [-0.1, -0.05) is 26.0 Å². The zero-order chi connectivity index (χ0) is 24.4. The van der Waals surface area contributed by atoms with E-state index in [-0.39, 0.29) is 11.5 Å². The van der Waals surface area contributed by atoms with E-state index in [1.54, 1.807) is 50.2 Å². The molecule has 0 atom stereocenters. The number of nitrogens with zero attached hydrogens (tertiary/aromatic N) is 3. The molecule has 178 valence electrons. The number of hydrogen-bond donors (Lipinski definition) is 1. The molecule has 8 nitrogen and oxygen atoms in total. The number of nitrogens with one attached hydrogen (secondary N) is 1. The van der Waals surface area contributed by atoms with E-state index in [1.165, 1.54) is 10.4 Å². The number of hydrogen-bond acceptors (Lipinski definition) is 6. The van der Waals surface area contributed by atoms with E-state index in [0.717, 1.165) is 11.3 Å². The van der Waals surface area contributed by atoms with Gasteiger partial charge in [0.1, 0.15) is 5.75 Å². The summed E-state index contributed by atoms with van der Waals surface area (Å²) in [6.07, 6.45) is 0.307. The molecule has 33 heavy (non-hydrogen) atoms. The molecule has 0 aliphatic rings. The second kappa shape index (κ2) is 12.2. The smallest absolute Gasteiger partial charge is 0.262 e. The minimum Gasteiger partial charge on any atom is -0.484 e. The Balaban J connectivity index is 2.26. The summed E-state index contributed by atoms with van der Waals surface area (Å²) in [7, 11) is -3.67. The highest BCUT2D eigenvalue weighted by atomic mass is 32.2. The van der Waals surface area contributed by atoms with Crippen LogP contribution in [0.1, 0.15) is 33.3 Å².